The predicted molar refractivity (Wildman–Crippen MR) is 51.3 cm³/mol. The fraction of sp³-hybridized carbons (Fsp3) is 0.444. The second-order valence-electron chi connectivity index (χ2n) is 3.06. The summed E-state index contributed by atoms with van der Waals surface area (Å²) < 4.78 is 0. The van der Waals surface area contributed by atoms with Crippen molar-refractivity contribution < 1.29 is 0 Å². The van der Waals surface area contributed by atoms with Crippen LogP contribution in [-0.2, 0) is 0 Å². The van der Waals surface area contributed by atoms with E-state index in [1.807, 2.05) is 26.8 Å². The van der Waals surface area contributed by atoms with Crippen molar-refractivity contribution in [1.29, 1.82) is 0 Å². The van der Waals surface area contributed by atoms with Crippen LogP contribution in [0.3, 0.4) is 0 Å². The third kappa shape index (κ3) is 1.76. The first-order chi connectivity index (χ1) is 5.52. The molecule has 0 radical (unpaired) electrons. The first kappa shape index (κ1) is 9.49. The lowest BCUT2D eigenvalue weighted by Gasteiger charge is -2.09. The van der Waals surface area contributed by atoms with Gasteiger partial charge in [-0.15, -0.1) is 0 Å². The molecule has 0 unspecified atom stereocenters. The molecular weight excluding hydrogens is 172 g/mol. The number of aromatic nitrogens is 1. The second kappa shape index (κ2) is 3.42. The van der Waals surface area contributed by atoms with E-state index >= 15 is 0 Å². The molecule has 3 heteroatoms. The van der Waals surface area contributed by atoms with Crippen LogP contribution >= 0.6 is 11.6 Å². The number of pyridine rings is 1. The summed E-state index contributed by atoms with van der Waals surface area (Å²) in [7, 11) is 0. The van der Waals surface area contributed by atoms with Crippen LogP contribution in [0.4, 0.5) is 0 Å². The van der Waals surface area contributed by atoms with Crippen molar-refractivity contribution in [2.45, 2.75) is 26.8 Å². The van der Waals surface area contributed by atoms with Crippen LogP contribution in [0.1, 0.15) is 29.8 Å². The highest BCUT2D eigenvalue weighted by molar-refractivity contribution is 6.30. The molecule has 1 aromatic heterocycles. The highest BCUT2D eigenvalue weighted by Crippen LogP contribution is 2.21. The van der Waals surface area contributed by atoms with E-state index < -0.39 is 0 Å². The molecule has 1 atom stereocenters. The van der Waals surface area contributed by atoms with Crippen molar-refractivity contribution in [3.63, 3.8) is 0 Å². The second-order valence-corrected chi connectivity index (χ2v) is 3.42. The minimum absolute atomic E-state index is 0.0516. The molecule has 0 saturated heterocycles. The summed E-state index contributed by atoms with van der Waals surface area (Å²) >= 11 is 5.91. The van der Waals surface area contributed by atoms with Gasteiger partial charge in [-0.25, -0.2) is 4.98 Å². The van der Waals surface area contributed by atoms with Crippen molar-refractivity contribution in [2.75, 3.05) is 0 Å². The third-order valence-electron chi connectivity index (χ3n) is 1.94. The van der Waals surface area contributed by atoms with Crippen LogP contribution in [0.25, 0.3) is 0 Å². The largest absolute Gasteiger partial charge is 0.324 e. The Labute approximate surface area is 77.8 Å². The van der Waals surface area contributed by atoms with Gasteiger partial charge in [0.1, 0.15) is 5.15 Å². The molecule has 1 heterocycles. The molecular formula is C9H13ClN2. The first-order valence-electron chi connectivity index (χ1n) is 3.91. The zero-order valence-electron chi connectivity index (χ0n) is 7.56. The Kier molecular flexibility index (Phi) is 2.70. The molecule has 0 bridgehead atoms. The number of halogens is 1. The van der Waals surface area contributed by atoms with E-state index in [2.05, 4.69) is 4.98 Å². The molecule has 1 rings (SSSR count). The van der Waals surface area contributed by atoms with E-state index in [0.29, 0.717) is 5.15 Å². The number of nitrogens with two attached hydrogens (primary N) is 1. The molecule has 2 N–H and O–H groups in total. The lowest BCUT2D eigenvalue weighted by molar-refractivity contribution is 0.807. The van der Waals surface area contributed by atoms with E-state index in [1.54, 1.807) is 0 Å². The molecule has 0 aliphatic rings. The Morgan fingerprint density at radius 3 is 2.58 bits per heavy atom. The van der Waals surface area contributed by atoms with Gasteiger partial charge in [0.2, 0.25) is 0 Å². The number of hydrogen-bond donors (Lipinski definition) is 1. The molecule has 12 heavy (non-hydrogen) atoms. The molecule has 0 aliphatic carbocycles. The standard InChI is InChI=1S/C9H13ClN2/c1-5-4-8(6(2)11)9(10)12-7(5)3/h4,6H,11H2,1-3H3/t6-/m1/s1. The summed E-state index contributed by atoms with van der Waals surface area (Å²) in [6, 6.07) is 1.94. The number of rotatable bonds is 1. The molecule has 2 nitrogen and oxygen atoms in total. The third-order valence-corrected chi connectivity index (χ3v) is 2.24. The monoisotopic (exact) mass is 184 g/mol. The maximum atomic E-state index is 5.91. The summed E-state index contributed by atoms with van der Waals surface area (Å²) in [6.45, 7) is 5.84. The summed E-state index contributed by atoms with van der Waals surface area (Å²) in [5, 5.41) is 0.521. The van der Waals surface area contributed by atoms with Crippen molar-refractivity contribution in [2.24, 2.45) is 5.73 Å². The topological polar surface area (TPSA) is 38.9 Å². The van der Waals surface area contributed by atoms with E-state index in [-0.39, 0.29) is 6.04 Å². The van der Waals surface area contributed by atoms with Gasteiger partial charge >= 0.3 is 0 Å². The zero-order valence-corrected chi connectivity index (χ0v) is 8.31. The van der Waals surface area contributed by atoms with Gasteiger partial charge in [-0.2, -0.15) is 0 Å². The fourth-order valence-corrected chi connectivity index (χ4v) is 1.37. The fourth-order valence-electron chi connectivity index (χ4n) is 1.02. The molecule has 0 amide bonds. The highest BCUT2D eigenvalue weighted by Gasteiger charge is 2.07. The summed E-state index contributed by atoms with van der Waals surface area (Å²) in [6.07, 6.45) is 0. The van der Waals surface area contributed by atoms with Crippen LogP contribution in [0.2, 0.25) is 5.15 Å². The van der Waals surface area contributed by atoms with Gasteiger partial charge in [0, 0.05) is 17.3 Å². The van der Waals surface area contributed by atoms with Gasteiger partial charge in [0.15, 0.2) is 0 Å². The van der Waals surface area contributed by atoms with Crippen molar-refractivity contribution in [3.8, 4) is 0 Å². The minimum Gasteiger partial charge on any atom is -0.324 e. The normalized spacial score (nSPS) is 13.1. The summed E-state index contributed by atoms with van der Waals surface area (Å²) in [5.74, 6) is 0. The zero-order chi connectivity index (χ0) is 9.30. The van der Waals surface area contributed by atoms with Gasteiger partial charge in [-0.05, 0) is 32.4 Å². The maximum absolute atomic E-state index is 5.91. The number of aryl methyl sites for hydroxylation is 2. The molecule has 0 aliphatic heterocycles. The maximum Gasteiger partial charge on any atom is 0.134 e. The Hall–Kier alpha value is -0.600. The van der Waals surface area contributed by atoms with Crippen LogP contribution in [0.15, 0.2) is 6.07 Å². The van der Waals surface area contributed by atoms with Crippen LogP contribution in [0.5, 0.6) is 0 Å². The van der Waals surface area contributed by atoms with E-state index in [4.69, 9.17) is 17.3 Å². The van der Waals surface area contributed by atoms with Gasteiger partial charge in [0.05, 0.1) is 0 Å². The average molecular weight is 185 g/mol. The van der Waals surface area contributed by atoms with Gasteiger partial charge in [0.25, 0.3) is 0 Å². The smallest absolute Gasteiger partial charge is 0.134 e. The van der Waals surface area contributed by atoms with E-state index in [1.165, 1.54) is 0 Å². The highest BCUT2D eigenvalue weighted by atomic mass is 35.5. The summed E-state index contributed by atoms with van der Waals surface area (Å²) in [4.78, 5) is 4.18. The molecule has 0 aromatic carbocycles. The van der Waals surface area contributed by atoms with E-state index in [9.17, 15) is 0 Å². The lowest BCUT2D eigenvalue weighted by atomic mass is 10.1. The minimum atomic E-state index is -0.0516. The molecule has 0 spiro atoms. The number of hydrogen-bond acceptors (Lipinski definition) is 2. The van der Waals surface area contributed by atoms with Crippen LogP contribution in [-0.4, -0.2) is 4.98 Å². The van der Waals surface area contributed by atoms with Gasteiger partial charge in [-0.1, -0.05) is 11.6 Å². The Balaban J connectivity index is 3.23. The van der Waals surface area contributed by atoms with Crippen LogP contribution in [0, 0.1) is 13.8 Å². The summed E-state index contributed by atoms with van der Waals surface area (Å²) in [5.41, 5.74) is 8.72. The van der Waals surface area contributed by atoms with Crippen molar-refractivity contribution in [3.05, 3.63) is 28.0 Å². The van der Waals surface area contributed by atoms with Crippen LogP contribution < -0.4 is 5.73 Å². The molecule has 66 valence electrons. The molecule has 0 fully saturated rings. The SMILES string of the molecule is Cc1cc([C@@H](C)N)c(Cl)nc1C. The molecule has 0 saturated carbocycles. The Morgan fingerprint density at radius 1 is 1.50 bits per heavy atom. The molecule has 1 aromatic rings. The van der Waals surface area contributed by atoms with Gasteiger partial charge < -0.3 is 5.73 Å². The first-order valence-corrected chi connectivity index (χ1v) is 4.29. The lowest BCUT2D eigenvalue weighted by Crippen LogP contribution is -2.07. The Bertz CT molecular complexity index is 295. The van der Waals surface area contributed by atoms with Crippen molar-refractivity contribution in [1.82, 2.24) is 4.98 Å². The Morgan fingerprint density at radius 2 is 2.08 bits per heavy atom. The predicted octanol–water partition coefficient (Wildman–Crippen LogP) is 2.37. The number of nitrogens with zero attached hydrogens (tertiary/aromatic N) is 1. The van der Waals surface area contributed by atoms with Crippen molar-refractivity contribution >= 4 is 11.6 Å². The quantitative estimate of drug-likeness (QED) is 0.681. The van der Waals surface area contributed by atoms with Gasteiger partial charge in [-0.3, -0.25) is 0 Å². The average Bonchev–Trinajstić information content (AvgIpc) is 1.96. The van der Waals surface area contributed by atoms with E-state index in [0.717, 1.165) is 16.8 Å².